The van der Waals surface area contributed by atoms with Crippen LogP contribution in [0.25, 0.3) is 10.9 Å². The topological polar surface area (TPSA) is 88.5 Å². The van der Waals surface area contributed by atoms with Gasteiger partial charge in [-0.05, 0) is 49.1 Å². The highest BCUT2D eigenvalue weighted by Gasteiger charge is 2.29. The molecule has 1 aromatic heterocycles. The van der Waals surface area contributed by atoms with E-state index in [4.69, 9.17) is 0 Å². The van der Waals surface area contributed by atoms with Crippen molar-refractivity contribution in [1.29, 1.82) is 0 Å². The smallest absolute Gasteiger partial charge is 0.256 e. The van der Waals surface area contributed by atoms with Crippen LogP contribution in [0.3, 0.4) is 0 Å². The van der Waals surface area contributed by atoms with Gasteiger partial charge in [-0.1, -0.05) is 37.6 Å². The number of pyridine rings is 1. The zero-order valence-electron chi connectivity index (χ0n) is 19.0. The Morgan fingerprint density at radius 2 is 1.85 bits per heavy atom. The molecule has 33 heavy (non-hydrogen) atoms. The van der Waals surface area contributed by atoms with Crippen molar-refractivity contribution < 1.29 is 13.2 Å². The van der Waals surface area contributed by atoms with Gasteiger partial charge in [0.2, 0.25) is 15.5 Å². The molecule has 0 atom stereocenters. The number of unbranched alkanes of at least 4 members (excludes halogenated alkanes) is 1. The molecular formula is C25H29N3O4S. The molecule has 0 saturated carbocycles. The highest BCUT2D eigenvalue weighted by atomic mass is 32.2. The molecule has 0 radical (unpaired) electrons. The second-order valence-electron chi connectivity index (χ2n) is 8.30. The molecule has 3 aromatic rings. The zero-order valence-corrected chi connectivity index (χ0v) is 19.8. The summed E-state index contributed by atoms with van der Waals surface area (Å²) in [6, 6.07) is 12.5. The Kier molecular flexibility index (Phi) is 6.67. The first-order chi connectivity index (χ1) is 15.9. The van der Waals surface area contributed by atoms with E-state index in [2.05, 4.69) is 5.32 Å². The molecule has 0 bridgehead atoms. The van der Waals surface area contributed by atoms with Crippen LogP contribution in [0, 0.1) is 0 Å². The van der Waals surface area contributed by atoms with Gasteiger partial charge < -0.3 is 9.88 Å². The largest absolute Gasteiger partial charge is 0.352 e. The lowest BCUT2D eigenvalue weighted by molar-refractivity contribution is 0.0951. The second kappa shape index (κ2) is 9.49. The number of carbonyl (C=O) groups is 1. The van der Waals surface area contributed by atoms with Gasteiger partial charge in [0.1, 0.15) is 5.56 Å². The average molecular weight is 468 g/mol. The van der Waals surface area contributed by atoms with E-state index in [1.165, 1.54) is 10.4 Å². The zero-order chi connectivity index (χ0) is 23.6. The van der Waals surface area contributed by atoms with E-state index in [1.54, 1.807) is 22.9 Å². The molecule has 0 fully saturated rings. The predicted molar refractivity (Wildman–Crippen MR) is 129 cm³/mol. The summed E-state index contributed by atoms with van der Waals surface area (Å²) >= 11 is 0. The van der Waals surface area contributed by atoms with Crippen LogP contribution < -0.4 is 10.7 Å². The molecule has 4 rings (SSSR count). The van der Waals surface area contributed by atoms with Crippen LogP contribution in [-0.2, 0) is 29.5 Å². The highest BCUT2D eigenvalue weighted by molar-refractivity contribution is 7.89. The van der Waals surface area contributed by atoms with Crippen molar-refractivity contribution in [2.75, 3.05) is 13.1 Å². The Labute approximate surface area is 194 Å². The Hall–Kier alpha value is -2.97. The van der Waals surface area contributed by atoms with Gasteiger partial charge in [-0.25, -0.2) is 8.42 Å². The fraction of sp³-hybridized carbons (Fsp3) is 0.360. The lowest BCUT2D eigenvalue weighted by atomic mass is 10.0. The van der Waals surface area contributed by atoms with Crippen LogP contribution >= 0.6 is 0 Å². The molecule has 2 aromatic carbocycles. The highest BCUT2D eigenvalue weighted by Crippen LogP contribution is 2.26. The molecule has 0 aliphatic carbocycles. The van der Waals surface area contributed by atoms with E-state index in [1.807, 2.05) is 38.1 Å². The lowest BCUT2D eigenvalue weighted by Crippen LogP contribution is -2.36. The third-order valence-corrected chi connectivity index (χ3v) is 8.03. The van der Waals surface area contributed by atoms with E-state index in [-0.39, 0.29) is 15.8 Å². The fourth-order valence-corrected chi connectivity index (χ4v) is 5.70. The molecule has 8 heteroatoms. The Morgan fingerprint density at radius 3 is 2.58 bits per heavy atom. The molecule has 1 amide bonds. The summed E-state index contributed by atoms with van der Waals surface area (Å²) in [6.07, 6.45) is 3.96. The minimum atomic E-state index is -3.80. The van der Waals surface area contributed by atoms with Crippen LogP contribution in [-0.4, -0.2) is 36.3 Å². The number of hydrogen-bond donors (Lipinski definition) is 1. The molecular weight excluding hydrogens is 438 g/mol. The van der Waals surface area contributed by atoms with E-state index >= 15 is 0 Å². The Bertz CT molecular complexity index is 1360. The quantitative estimate of drug-likeness (QED) is 0.540. The van der Waals surface area contributed by atoms with Gasteiger partial charge in [-0.2, -0.15) is 4.31 Å². The molecule has 1 aliphatic heterocycles. The third-order valence-electron chi connectivity index (χ3n) is 6.19. The van der Waals surface area contributed by atoms with Gasteiger partial charge in [0, 0.05) is 37.8 Å². The molecule has 1 aliphatic rings. The van der Waals surface area contributed by atoms with Gasteiger partial charge >= 0.3 is 0 Å². The maximum absolute atomic E-state index is 13.4. The summed E-state index contributed by atoms with van der Waals surface area (Å²) in [5.74, 6) is -0.432. The van der Waals surface area contributed by atoms with Crippen LogP contribution in [0.2, 0.25) is 0 Å². The molecule has 2 heterocycles. The second-order valence-corrected chi connectivity index (χ2v) is 10.2. The number of hydrogen-bond acceptors (Lipinski definition) is 4. The molecule has 7 nitrogen and oxygen atoms in total. The van der Waals surface area contributed by atoms with Crippen LogP contribution in [0.1, 0.15) is 48.2 Å². The summed E-state index contributed by atoms with van der Waals surface area (Å²) in [5, 5.41) is 3.02. The van der Waals surface area contributed by atoms with Gasteiger partial charge in [-0.15, -0.1) is 0 Å². The number of aromatic nitrogens is 1. The summed E-state index contributed by atoms with van der Waals surface area (Å²) in [4.78, 5) is 25.9. The van der Waals surface area contributed by atoms with Gasteiger partial charge in [-0.3, -0.25) is 9.59 Å². The average Bonchev–Trinajstić information content (AvgIpc) is 2.84. The standard InChI is InChI=1S/C25H29N3O4S/c1-3-5-13-26-25(30)22-17-27(4-2)23-11-10-20(15-21(23)24(22)29)33(31,32)28-14-12-18-8-6-7-9-19(18)16-28/h6-11,15,17H,3-5,12-14,16H2,1-2H3,(H,26,30). The van der Waals surface area contributed by atoms with Crippen molar-refractivity contribution in [3.05, 3.63) is 75.6 Å². The number of carbonyl (C=O) groups excluding carboxylic acids is 1. The first-order valence-electron chi connectivity index (χ1n) is 11.4. The molecule has 0 spiro atoms. The predicted octanol–water partition coefficient (Wildman–Crippen LogP) is 3.30. The van der Waals surface area contributed by atoms with Crippen molar-refractivity contribution in [3.8, 4) is 0 Å². The van der Waals surface area contributed by atoms with Crippen molar-refractivity contribution in [2.24, 2.45) is 0 Å². The normalized spacial score (nSPS) is 14.2. The minimum absolute atomic E-state index is 0.0295. The minimum Gasteiger partial charge on any atom is -0.352 e. The summed E-state index contributed by atoms with van der Waals surface area (Å²) in [5.41, 5.74) is 2.33. The Morgan fingerprint density at radius 1 is 1.09 bits per heavy atom. The van der Waals surface area contributed by atoms with E-state index in [9.17, 15) is 18.0 Å². The van der Waals surface area contributed by atoms with E-state index < -0.39 is 21.4 Å². The summed E-state index contributed by atoms with van der Waals surface area (Å²) < 4.78 is 30.1. The van der Waals surface area contributed by atoms with Crippen molar-refractivity contribution in [2.45, 2.75) is 51.1 Å². The number of rotatable bonds is 7. The van der Waals surface area contributed by atoms with Crippen molar-refractivity contribution in [3.63, 3.8) is 0 Å². The maximum Gasteiger partial charge on any atom is 0.256 e. The summed E-state index contributed by atoms with van der Waals surface area (Å²) in [6.45, 7) is 5.66. The summed E-state index contributed by atoms with van der Waals surface area (Å²) in [7, 11) is -3.80. The van der Waals surface area contributed by atoms with Crippen LogP contribution in [0.4, 0.5) is 0 Å². The fourth-order valence-electron chi connectivity index (χ4n) is 4.26. The first kappa shape index (κ1) is 23.2. The van der Waals surface area contributed by atoms with E-state index in [0.717, 1.165) is 24.0 Å². The number of nitrogens with zero attached hydrogens (tertiary/aromatic N) is 2. The lowest BCUT2D eigenvalue weighted by Gasteiger charge is -2.28. The van der Waals surface area contributed by atoms with Crippen molar-refractivity contribution >= 4 is 26.8 Å². The van der Waals surface area contributed by atoms with Crippen LogP contribution in [0.5, 0.6) is 0 Å². The first-order valence-corrected chi connectivity index (χ1v) is 12.8. The monoisotopic (exact) mass is 467 g/mol. The molecule has 0 saturated heterocycles. The SMILES string of the molecule is CCCCNC(=O)c1cn(CC)c2ccc(S(=O)(=O)N3CCc4ccccc4C3)cc2c1=O. The van der Waals surface area contributed by atoms with Crippen LogP contribution in [0.15, 0.2) is 58.4 Å². The number of sulfonamides is 1. The van der Waals surface area contributed by atoms with Gasteiger partial charge in [0.15, 0.2) is 0 Å². The number of benzene rings is 2. The molecule has 1 N–H and O–H groups in total. The number of aryl methyl sites for hydroxylation is 1. The van der Waals surface area contributed by atoms with Gasteiger partial charge in [0.05, 0.1) is 10.4 Å². The van der Waals surface area contributed by atoms with E-state index in [0.29, 0.717) is 38.1 Å². The number of fused-ring (bicyclic) bond motifs is 2. The van der Waals surface area contributed by atoms with Gasteiger partial charge in [0.25, 0.3) is 5.91 Å². The Balaban J connectivity index is 1.74. The molecule has 0 unspecified atom stereocenters. The third kappa shape index (κ3) is 4.45. The number of amides is 1. The molecule has 174 valence electrons. The maximum atomic E-state index is 13.4. The number of nitrogens with one attached hydrogen (secondary N) is 1. The van der Waals surface area contributed by atoms with Crippen molar-refractivity contribution in [1.82, 2.24) is 14.2 Å².